The number of fused-ring (bicyclic) bond motifs is 1. The zero-order valence-corrected chi connectivity index (χ0v) is 25.1. The van der Waals surface area contributed by atoms with Gasteiger partial charge in [-0.1, -0.05) is 64.0 Å². The molecule has 0 unspecified atom stereocenters. The normalized spacial score (nSPS) is 11.4. The van der Waals surface area contributed by atoms with E-state index in [0.29, 0.717) is 42.4 Å². The number of benzene rings is 4. The number of carbonyl (C=O) groups is 1. The first kappa shape index (κ1) is 28.8. The van der Waals surface area contributed by atoms with Crippen LogP contribution in [0.3, 0.4) is 0 Å². The van der Waals surface area contributed by atoms with E-state index in [1.165, 1.54) is 41.2 Å². The minimum atomic E-state index is -0.718. The van der Waals surface area contributed by atoms with E-state index in [2.05, 4.69) is 37.0 Å². The van der Waals surface area contributed by atoms with Crippen LogP contribution >= 0.6 is 31.9 Å². The van der Waals surface area contributed by atoms with Crippen molar-refractivity contribution < 1.29 is 14.5 Å². The zero-order valence-electron chi connectivity index (χ0n) is 21.9. The van der Waals surface area contributed by atoms with Crippen LogP contribution in [0.15, 0.2) is 110 Å². The Bertz CT molecular complexity index is 1980. The standard InChI is InChI=1S/C31H20Br2N4O5/c1-19-6-4-8-21(14-19)30-35-27-11-3-2-10-25(27)31(39)36(30)34-18-22-16-23(32)17-26(33)29(22)42-28(38)13-12-20-7-5-9-24(15-20)37(40)41/h2-18H,1H3/b13-12+,34-18?. The fourth-order valence-electron chi connectivity index (χ4n) is 4.15. The fraction of sp³-hybridized carbons (Fsp3) is 0.0323. The van der Waals surface area contributed by atoms with E-state index in [1.54, 1.807) is 36.4 Å². The van der Waals surface area contributed by atoms with Gasteiger partial charge >= 0.3 is 5.97 Å². The third-order valence-corrected chi connectivity index (χ3v) is 7.12. The van der Waals surface area contributed by atoms with E-state index in [9.17, 15) is 19.7 Å². The van der Waals surface area contributed by atoms with Gasteiger partial charge in [0.2, 0.25) is 0 Å². The van der Waals surface area contributed by atoms with Crippen molar-refractivity contribution in [2.24, 2.45) is 5.10 Å². The van der Waals surface area contributed by atoms with Gasteiger partial charge in [0, 0.05) is 33.8 Å². The molecule has 208 valence electrons. The summed E-state index contributed by atoms with van der Waals surface area (Å²) < 4.78 is 7.98. The number of aryl methyl sites for hydroxylation is 1. The van der Waals surface area contributed by atoms with Gasteiger partial charge in [-0.15, -0.1) is 0 Å². The molecule has 4 aromatic carbocycles. The number of esters is 1. The molecule has 5 aromatic rings. The Morgan fingerprint density at radius 1 is 1.02 bits per heavy atom. The molecule has 42 heavy (non-hydrogen) atoms. The maximum atomic E-state index is 13.6. The van der Waals surface area contributed by atoms with E-state index in [-0.39, 0.29) is 17.0 Å². The van der Waals surface area contributed by atoms with Crippen LogP contribution < -0.4 is 10.3 Å². The van der Waals surface area contributed by atoms with Crippen molar-refractivity contribution in [3.05, 3.63) is 137 Å². The molecule has 0 aliphatic carbocycles. The molecular formula is C31H20Br2N4O5. The van der Waals surface area contributed by atoms with Crippen LogP contribution in [0.5, 0.6) is 5.75 Å². The summed E-state index contributed by atoms with van der Waals surface area (Å²) >= 11 is 6.88. The molecule has 11 heteroatoms. The molecule has 0 aliphatic heterocycles. The predicted octanol–water partition coefficient (Wildman–Crippen LogP) is 7.31. The van der Waals surface area contributed by atoms with Crippen LogP contribution in [0.4, 0.5) is 5.69 Å². The summed E-state index contributed by atoms with van der Waals surface area (Å²) in [4.78, 5) is 41.6. The number of nitro groups is 1. The molecule has 0 radical (unpaired) electrons. The van der Waals surface area contributed by atoms with E-state index < -0.39 is 10.9 Å². The van der Waals surface area contributed by atoms with E-state index in [0.717, 1.165) is 5.56 Å². The van der Waals surface area contributed by atoms with Gasteiger partial charge in [0.1, 0.15) is 0 Å². The first-order valence-corrected chi connectivity index (χ1v) is 14.0. The van der Waals surface area contributed by atoms with Crippen LogP contribution in [-0.4, -0.2) is 26.8 Å². The smallest absolute Gasteiger partial charge is 0.336 e. The highest BCUT2D eigenvalue weighted by Gasteiger charge is 2.15. The highest BCUT2D eigenvalue weighted by Crippen LogP contribution is 2.32. The molecule has 0 saturated carbocycles. The predicted molar refractivity (Wildman–Crippen MR) is 169 cm³/mol. The van der Waals surface area contributed by atoms with Crippen LogP contribution in [0.1, 0.15) is 16.7 Å². The lowest BCUT2D eigenvalue weighted by molar-refractivity contribution is -0.384. The Labute approximate surface area is 256 Å². The van der Waals surface area contributed by atoms with Crippen LogP contribution in [0.25, 0.3) is 28.4 Å². The Kier molecular flexibility index (Phi) is 8.51. The molecule has 0 bridgehead atoms. The molecule has 0 atom stereocenters. The summed E-state index contributed by atoms with van der Waals surface area (Å²) in [5, 5.41) is 16.0. The largest absolute Gasteiger partial charge is 0.421 e. The molecule has 0 fully saturated rings. The Morgan fingerprint density at radius 2 is 1.81 bits per heavy atom. The van der Waals surface area contributed by atoms with Crippen molar-refractivity contribution in [3.8, 4) is 17.1 Å². The molecule has 1 heterocycles. The van der Waals surface area contributed by atoms with Gasteiger partial charge in [0.15, 0.2) is 11.6 Å². The highest BCUT2D eigenvalue weighted by molar-refractivity contribution is 9.11. The minimum absolute atomic E-state index is 0.0943. The SMILES string of the molecule is Cc1cccc(-c2nc3ccccc3c(=O)n2N=Cc2cc(Br)cc(Br)c2OC(=O)/C=C/c2cccc([N+](=O)[O-])c2)c1. The molecule has 0 N–H and O–H groups in total. The molecule has 5 rings (SSSR count). The topological polar surface area (TPSA) is 117 Å². The molecule has 0 amide bonds. The molecule has 0 saturated heterocycles. The van der Waals surface area contributed by atoms with Gasteiger partial charge in [0.05, 0.1) is 26.5 Å². The second-order valence-electron chi connectivity index (χ2n) is 9.10. The van der Waals surface area contributed by atoms with Gasteiger partial charge in [-0.05, 0) is 64.8 Å². The number of carbonyl (C=O) groups excluding carboxylic acids is 1. The number of nitrogens with zero attached hydrogens (tertiary/aromatic N) is 4. The summed E-state index contributed by atoms with van der Waals surface area (Å²) in [6.07, 6.45) is 4.01. The van der Waals surface area contributed by atoms with Crippen molar-refractivity contribution in [1.29, 1.82) is 0 Å². The number of hydrogen-bond acceptors (Lipinski definition) is 7. The lowest BCUT2D eigenvalue weighted by Gasteiger charge is -2.11. The lowest BCUT2D eigenvalue weighted by atomic mass is 10.1. The number of rotatable bonds is 7. The van der Waals surface area contributed by atoms with Crippen molar-refractivity contribution in [2.45, 2.75) is 6.92 Å². The number of para-hydroxylation sites is 1. The van der Waals surface area contributed by atoms with Crippen LogP contribution in [0.2, 0.25) is 0 Å². The number of halogens is 2. The first-order chi connectivity index (χ1) is 20.2. The first-order valence-electron chi connectivity index (χ1n) is 12.5. The van der Waals surface area contributed by atoms with Crippen molar-refractivity contribution in [1.82, 2.24) is 9.66 Å². The number of non-ortho nitro benzene ring substituents is 1. The third-order valence-electron chi connectivity index (χ3n) is 6.08. The van der Waals surface area contributed by atoms with Crippen LogP contribution in [0, 0.1) is 17.0 Å². The van der Waals surface area contributed by atoms with Crippen molar-refractivity contribution in [2.75, 3.05) is 0 Å². The van der Waals surface area contributed by atoms with E-state index in [1.807, 2.05) is 37.3 Å². The Morgan fingerprint density at radius 3 is 2.60 bits per heavy atom. The molecular weight excluding hydrogens is 668 g/mol. The summed E-state index contributed by atoms with van der Waals surface area (Å²) in [7, 11) is 0. The summed E-state index contributed by atoms with van der Waals surface area (Å²) in [5.41, 5.74) is 2.65. The highest BCUT2D eigenvalue weighted by atomic mass is 79.9. The van der Waals surface area contributed by atoms with E-state index in [4.69, 9.17) is 9.72 Å². The molecule has 9 nitrogen and oxygen atoms in total. The van der Waals surface area contributed by atoms with Gasteiger partial charge < -0.3 is 4.74 Å². The maximum absolute atomic E-state index is 13.6. The van der Waals surface area contributed by atoms with Gasteiger partial charge in [0.25, 0.3) is 11.2 Å². The van der Waals surface area contributed by atoms with Crippen molar-refractivity contribution >= 4 is 66.7 Å². The quantitative estimate of drug-likeness (QED) is 0.0443. The number of hydrogen-bond donors (Lipinski definition) is 0. The van der Waals surface area contributed by atoms with Gasteiger partial charge in [-0.3, -0.25) is 14.9 Å². The van der Waals surface area contributed by atoms with Crippen molar-refractivity contribution in [3.63, 3.8) is 0 Å². The second-order valence-corrected chi connectivity index (χ2v) is 10.9. The summed E-state index contributed by atoms with van der Waals surface area (Å²) in [6.45, 7) is 1.95. The number of nitro benzene ring substituents is 1. The van der Waals surface area contributed by atoms with Gasteiger partial charge in [-0.25, -0.2) is 9.78 Å². The average Bonchev–Trinajstić information content (AvgIpc) is 2.97. The minimum Gasteiger partial charge on any atom is -0.421 e. The van der Waals surface area contributed by atoms with Crippen LogP contribution in [-0.2, 0) is 4.79 Å². The third kappa shape index (κ3) is 6.42. The summed E-state index contributed by atoms with van der Waals surface area (Å²) in [5.74, 6) is -0.204. The molecule has 1 aromatic heterocycles. The Balaban J connectivity index is 1.53. The fourth-order valence-corrected chi connectivity index (χ4v) is 5.49. The second kappa shape index (κ2) is 12.4. The molecule has 0 aliphatic rings. The van der Waals surface area contributed by atoms with Gasteiger partial charge in [-0.2, -0.15) is 9.78 Å². The monoisotopic (exact) mass is 686 g/mol. The Hall–Kier alpha value is -4.74. The number of ether oxygens (including phenoxy) is 1. The lowest BCUT2D eigenvalue weighted by Crippen LogP contribution is -2.20. The average molecular weight is 688 g/mol. The summed E-state index contributed by atoms with van der Waals surface area (Å²) in [6, 6.07) is 23.9. The van der Waals surface area contributed by atoms with E-state index >= 15 is 0 Å². The maximum Gasteiger partial charge on any atom is 0.336 e. The number of aromatic nitrogens is 2. The zero-order chi connectivity index (χ0) is 29.8. The molecule has 0 spiro atoms.